The number of alkyl halides is 3. The molecule has 0 amide bonds. The molecule has 218 valence electrons. The summed E-state index contributed by atoms with van der Waals surface area (Å²) in [6, 6.07) is 10.5. The number of nitrogen functional groups attached to an aromatic ring is 1. The lowest BCUT2D eigenvalue weighted by atomic mass is 9.76. The number of nitrogens with zero attached hydrogens (tertiary/aromatic N) is 3. The molecule has 1 unspecified atom stereocenters. The molecule has 3 aromatic rings. The predicted molar refractivity (Wildman–Crippen MR) is 142 cm³/mol. The van der Waals surface area contributed by atoms with Crippen molar-refractivity contribution in [2.75, 3.05) is 37.4 Å². The summed E-state index contributed by atoms with van der Waals surface area (Å²) in [6.45, 7) is 1.65. The summed E-state index contributed by atoms with van der Waals surface area (Å²) in [5.74, 6) is -1.63. The maximum atomic E-state index is 14.1. The number of nitrogens with one attached hydrogen (secondary N) is 1. The predicted octanol–water partition coefficient (Wildman–Crippen LogP) is 4.59. The van der Waals surface area contributed by atoms with Crippen molar-refractivity contribution in [3.63, 3.8) is 0 Å². The van der Waals surface area contributed by atoms with Crippen LogP contribution in [0.2, 0.25) is 0 Å². The van der Waals surface area contributed by atoms with E-state index in [1.54, 1.807) is 6.07 Å². The third-order valence-electron chi connectivity index (χ3n) is 7.75. The van der Waals surface area contributed by atoms with Crippen LogP contribution in [0.15, 0.2) is 48.5 Å². The minimum atomic E-state index is -4.78. The van der Waals surface area contributed by atoms with Gasteiger partial charge in [0.05, 0.1) is 7.11 Å². The molecule has 2 saturated heterocycles. The highest BCUT2D eigenvalue weighted by atomic mass is 19.4. The van der Waals surface area contributed by atoms with E-state index in [1.807, 2.05) is 4.90 Å². The Morgan fingerprint density at radius 3 is 2.39 bits per heavy atom. The number of ether oxygens (including phenoxy) is 2. The zero-order chi connectivity index (χ0) is 29.4. The van der Waals surface area contributed by atoms with E-state index in [0.717, 1.165) is 0 Å². The Morgan fingerprint density at radius 1 is 1.12 bits per heavy atom. The number of aromatic nitrogens is 2. The number of benzene rings is 2. The van der Waals surface area contributed by atoms with Gasteiger partial charge in [0.2, 0.25) is 17.9 Å². The van der Waals surface area contributed by atoms with Gasteiger partial charge >= 0.3 is 12.1 Å². The third kappa shape index (κ3) is 6.14. The number of carbonyl (C=O) groups is 1. The van der Waals surface area contributed by atoms with Crippen molar-refractivity contribution in [2.24, 2.45) is 5.41 Å². The molecule has 2 fully saturated rings. The highest BCUT2D eigenvalue weighted by Crippen LogP contribution is 2.41. The van der Waals surface area contributed by atoms with Crippen LogP contribution in [-0.2, 0) is 4.79 Å². The molecule has 2 atom stereocenters. The number of anilines is 2. The number of halogens is 4. The summed E-state index contributed by atoms with van der Waals surface area (Å²) in [5, 5.41) is 12.4. The number of methoxy groups -OCH3 is 1. The van der Waals surface area contributed by atoms with Gasteiger partial charge in [-0.1, -0.05) is 30.3 Å². The summed E-state index contributed by atoms with van der Waals surface area (Å²) in [4.78, 5) is 21.3. The molecule has 13 heteroatoms. The van der Waals surface area contributed by atoms with Gasteiger partial charge in [-0.15, -0.1) is 0 Å². The number of nitrogens with two attached hydrogens (primary N) is 1. The Bertz CT molecular complexity index is 1410. The van der Waals surface area contributed by atoms with Crippen molar-refractivity contribution < 1.29 is 36.9 Å². The maximum absolute atomic E-state index is 14.1. The number of aliphatic carboxylic acids is 1. The van der Waals surface area contributed by atoms with E-state index in [4.69, 9.17) is 15.2 Å². The molecule has 41 heavy (non-hydrogen) atoms. The molecule has 0 saturated carbocycles. The summed E-state index contributed by atoms with van der Waals surface area (Å²) in [5.41, 5.74) is 6.52. The Kier molecular flexibility index (Phi) is 7.64. The highest BCUT2D eigenvalue weighted by Gasteiger charge is 2.45. The second-order valence-electron chi connectivity index (χ2n) is 10.4. The summed E-state index contributed by atoms with van der Waals surface area (Å²) in [7, 11) is 1.34. The normalized spacial score (nSPS) is 19.2. The van der Waals surface area contributed by atoms with Crippen LogP contribution >= 0.6 is 0 Å². The van der Waals surface area contributed by atoms with E-state index in [-0.39, 0.29) is 28.6 Å². The quantitative estimate of drug-likeness (QED) is 0.347. The van der Waals surface area contributed by atoms with Gasteiger partial charge in [0.1, 0.15) is 11.9 Å². The molecule has 0 bridgehead atoms. The van der Waals surface area contributed by atoms with Gasteiger partial charge in [0.25, 0.3) is 0 Å². The van der Waals surface area contributed by atoms with E-state index in [1.165, 1.54) is 49.6 Å². The number of hydrogen-bond donors (Lipinski definition) is 3. The molecule has 2 aliphatic heterocycles. The molecule has 0 aliphatic carbocycles. The molecule has 1 spiro atoms. The average molecular weight is 576 g/mol. The van der Waals surface area contributed by atoms with Crippen LogP contribution < -0.4 is 25.4 Å². The number of piperidine rings is 1. The standard InChI is InChI=1S/C28H29F4N5O4/c1-40-21-7-6-18(12-19(21)29)16-2-4-17(5-3-16)24(28(30,31)32)41-23-13-22(35-26(33)36-23)37-10-8-27(9-11-37)14-20(25(38)39)34-15-27/h2-7,12-13,20,24,34H,8-11,14-15H2,1H3,(H,38,39)(H2,33,35,36)/t20?,24-/m1/s1. The molecular formula is C28H29F4N5O4. The highest BCUT2D eigenvalue weighted by molar-refractivity contribution is 5.74. The largest absolute Gasteiger partial charge is 0.494 e. The van der Waals surface area contributed by atoms with Gasteiger partial charge < -0.3 is 30.5 Å². The maximum Gasteiger partial charge on any atom is 0.429 e. The molecule has 1 aromatic heterocycles. The zero-order valence-corrected chi connectivity index (χ0v) is 22.1. The van der Waals surface area contributed by atoms with Gasteiger partial charge in [-0.25, -0.2) is 4.39 Å². The smallest absolute Gasteiger partial charge is 0.429 e. The molecule has 0 radical (unpaired) electrons. The first-order valence-electron chi connectivity index (χ1n) is 13.0. The number of carboxylic acids is 1. The van der Waals surface area contributed by atoms with Crippen LogP contribution in [0.3, 0.4) is 0 Å². The monoisotopic (exact) mass is 575 g/mol. The van der Waals surface area contributed by atoms with Crippen molar-refractivity contribution in [3.8, 4) is 22.8 Å². The number of hydrogen-bond acceptors (Lipinski definition) is 8. The topological polar surface area (TPSA) is 123 Å². The lowest BCUT2D eigenvalue weighted by molar-refractivity contribution is -0.198. The van der Waals surface area contributed by atoms with Crippen molar-refractivity contribution in [2.45, 2.75) is 37.6 Å². The molecule has 5 rings (SSSR count). The third-order valence-corrected chi connectivity index (χ3v) is 7.75. The van der Waals surface area contributed by atoms with Gasteiger partial charge in [0, 0.05) is 31.3 Å². The lowest BCUT2D eigenvalue weighted by Crippen LogP contribution is -2.41. The Morgan fingerprint density at radius 2 is 1.80 bits per heavy atom. The van der Waals surface area contributed by atoms with Crippen molar-refractivity contribution in [1.82, 2.24) is 15.3 Å². The SMILES string of the molecule is COc1ccc(-c2ccc([C@@H](Oc3cc(N4CCC5(CC4)CNC(C(=O)O)C5)nc(N)n3)C(F)(F)F)cc2)cc1F. The van der Waals surface area contributed by atoms with Gasteiger partial charge in [-0.2, -0.15) is 23.1 Å². The van der Waals surface area contributed by atoms with E-state index >= 15 is 0 Å². The van der Waals surface area contributed by atoms with Crippen LogP contribution in [0.1, 0.15) is 30.9 Å². The lowest BCUT2D eigenvalue weighted by Gasteiger charge is -2.39. The van der Waals surface area contributed by atoms with Crippen molar-refractivity contribution >= 4 is 17.7 Å². The zero-order valence-electron chi connectivity index (χ0n) is 22.1. The summed E-state index contributed by atoms with van der Waals surface area (Å²) >= 11 is 0. The van der Waals surface area contributed by atoms with Crippen molar-refractivity contribution in [1.29, 1.82) is 0 Å². The average Bonchev–Trinajstić information content (AvgIpc) is 3.35. The van der Waals surface area contributed by atoms with E-state index in [9.17, 15) is 27.5 Å². The van der Waals surface area contributed by atoms with E-state index in [2.05, 4.69) is 15.3 Å². The fraction of sp³-hybridized carbons (Fsp3) is 0.393. The van der Waals surface area contributed by atoms with Crippen LogP contribution in [0.5, 0.6) is 11.6 Å². The van der Waals surface area contributed by atoms with E-state index in [0.29, 0.717) is 55.8 Å². The minimum absolute atomic E-state index is 0.0610. The summed E-state index contributed by atoms with van der Waals surface area (Å²) < 4.78 is 66.8. The van der Waals surface area contributed by atoms with Gasteiger partial charge in [-0.05, 0) is 47.9 Å². The van der Waals surface area contributed by atoms with Crippen LogP contribution in [0.4, 0.5) is 29.3 Å². The fourth-order valence-corrected chi connectivity index (χ4v) is 5.48. The first kappa shape index (κ1) is 28.4. The second-order valence-corrected chi connectivity index (χ2v) is 10.4. The van der Waals surface area contributed by atoms with Crippen LogP contribution in [0.25, 0.3) is 11.1 Å². The Labute approximate surface area is 233 Å². The second kappa shape index (κ2) is 11.0. The van der Waals surface area contributed by atoms with Gasteiger partial charge in [-0.3, -0.25) is 4.79 Å². The molecular weight excluding hydrogens is 546 g/mol. The van der Waals surface area contributed by atoms with E-state index < -0.39 is 30.1 Å². The molecule has 9 nitrogen and oxygen atoms in total. The molecule has 3 heterocycles. The van der Waals surface area contributed by atoms with Gasteiger partial charge in [0.15, 0.2) is 11.6 Å². The minimum Gasteiger partial charge on any atom is -0.494 e. The van der Waals surface area contributed by atoms with Crippen LogP contribution in [0, 0.1) is 11.2 Å². The van der Waals surface area contributed by atoms with Crippen LogP contribution in [-0.4, -0.2) is 60.0 Å². The molecule has 4 N–H and O–H groups in total. The Balaban J connectivity index is 1.32. The molecule has 2 aliphatic rings. The fourth-order valence-electron chi connectivity index (χ4n) is 5.48. The first-order valence-corrected chi connectivity index (χ1v) is 13.0. The summed E-state index contributed by atoms with van der Waals surface area (Å²) in [6.07, 6.45) is -5.20. The first-order chi connectivity index (χ1) is 19.5. The molecule has 2 aromatic carbocycles. The van der Waals surface area contributed by atoms with Crippen molar-refractivity contribution in [3.05, 3.63) is 59.9 Å². The Hall–Kier alpha value is -4.13. The number of rotatable bonds is 7. The number of carboxylic acid groups (broad SMARTS) is 1.